The van der Waals surface area contributed by atoms with E-state index in [9.17, 15) is 4.79 Å². The van der Waals surface area contributed by atoms with Crippen molar-refractivity contribution in [3.8, 4) is 0 Å². The van der Waals surface area contributed by atoms with Crippen LogP contribution in [0.15, 0.2) is 84.8 Å². The number of aromatic nitrogens is 1. The molecule has 1 heterocycles. The van der Waals surface area contributed by atoms with Crippen molar-refractivity contribution in [1.82, 2.24) is 9.88 Å². The Morgan fingerprint density at radius 2 is 2.20 bits per heavy atom. The summed E-state index contributed by atoms with van der Waals surface area (Å²) in [6, 6.07) is 5.45. The number of nitrogens with two attached hydrogens (primary N) is 1. The highest BCUT2D eigenvalue weighted by molar-refractivity contribution is 7.80. The van der Waals surface area contributed by atoms with Crippen molar-refractivity contribution in [2.75, 3.05) is 0 Å². The summed E-state index contributed by atoms with van der Waals surface area (Å²) in [6.45, 7) is 12.2. The summed E-state index contributed by atoms with van der Waals surface area (Å²) >= 11 is 5.71. The fraction of sp³-hybridized carbons (Fsp3) is 0.200. The predicted molar refractivity (Wildman–Crippen MR) is 130 cm³/mol. The molecule has 1 amide bonds. The third-order valence-electron chi connectivity index (χ3n) is 5.17. The third-order valence-corrected chi connectivity index (χ3v) is 5.49. The van der Waals surface area contributed by atoms with Gasteiger partial charge in [-0.05, 0) is 38.0 Å². The quantitative estimate of drug-likeness (QED) is 0.463. The smallest absolute Gasteiger partial charge is 0.248 e. The molecule has 1 aliphatic carbocycles. The number of benzene rings is 1. The second-order valence-corrected chi connectivity index (χ2v) is 7.97. The fourth-order valence-electron chi connectivity index (χ4n) is 3.54. The van der Waals surface area contributed by atoms with E-state index in [-0.39, 0.29) is 6.04 Å². The van der Waals surface area contributed by atoms with Crippen LogP contribution in [0.2, 0.25) is 0 Å². The van der Waals surface area contributed by atoms with Crippen LogP contribution in [0.5, 0.6) is 0 Å². The van der Waals surface area contributed by atoms with E-state index in [2.05, 4.69) is 49.7 Å². The van der Waals surface area contributed by atoms with Crippen LogP contribution in [0.3, 0.4) is 0 Å². The summed E-state index contributed by atoms with van der Waals surface area (Å²) in [7, 11) is 0. The highest BCUT2D eigenvalue weighted by Crippen LogP contribution is 2.27. The van der Waals surface area contributed by atoms with Gasteiger partial charge in [0.25, 0.3) is 0 Å². The first-order valence-electron chi connectivity index (χ1n) is 9.90. The lowest BCUT2D eigenvalue weighted by molar-refractivity contribution is 0.100. The third kappa shape index (κ3) is 4.69. The molecule has 30 heavy (non-hydrogen) atoms. The van der Waals surface area contributed by atoms with Crippen LogP contribution in [0.25, 0.3) is 10.9 Å². The van der Waals surface area contributed by atoms with E-state index < -0.39 is 5.91 Å². The monoisotopic (exact) mass is 417 g/mol. The van der Waals surface area contributed by atoms with Gasteiger partial charge in [0.2, 0.25) is 5.91 Å². The molecule has 0 aliphatic heterocycles. The van der Waals surface area contributed by atoms with E-state index in [0.29, 0.717) is 17.0 Å². The molecule has 0 saturated carbocycles. The molecule has 0 bridgehead atoms. The molecule has 0 saturated heterocycles. The Hall–Kier alpha value is -3.18. The highest BCUT2D eigenvalue weighted by Gasteiger charge is 2.16. The molecule has 1 aromatic carbocycles. The van der Waals surface area contributed by atoms with Gasteiger partial charge in [-0.3, -0.25) is 4.79 Å². The van der Waals surface area contributed by atoms with E-state index >= 15 is 0 Å². The van der Waals surface area contributed by atoms with Crippen LogP contribution in [-0.2, 0) is 0 Å². The number of amides is 1. The second kappa shape index (κ2) is 9.09. The first-order chi connectivity index (χ1) is 14.3. The number of fused-ring (bicyclic) bond motifs is 1. The molecule has 1 aromatic heterocycles. The zero-order chi connectivity index (χ0) is 21.8. The molecule has 0 radical (unpaired) electrons. The first kappa shape index (κ1) is 21.5. The summed E-state index contributed by atoms with van der Waals surface area (Å²) in [5.41, 5.74) is 11.0. The lowest BCUT2D eigenvalue weighted by Crippen LogP contribution is -2.21. The standard InChI is InChI=1S/C25H27N3OS/c1-5-18(4)28-15-22(21-11-10-20(24(26)29)14-23(21)28)25(30)27-17(3)13-19-9-7-6-8-16(2)12-19/h5,7-12,14-15,18H,1,3,6,13H2,2,4H3,(H2,26,29)(H,27,30). The van der Waals surface area contributed by atoms with Crippen molar-refractivity contribution in [2.24, 2.45) is 5.73 Å². The highest BCUT2D eigenvalue weighted by atomic mass is 32.1. The van der Waals surface area contributed by atoms with Gasteiger partial charge in [-0.1, -0.05) is 60.8 Å². The van der Waals surface area contributed by atoms with Gasteiger partial charge in [0.05, 0.1) is 5.52 Å². The van der Waals surface area contributed by atoms with Crippen molar-refractivity contribution in [3.05, 3.63) is 95.9 Å². The second-order valence-electron chi connectivity index (χ2n) is 7.56. The van der Waals surface area contributed by atoms with Crippen molar-refractivity contribution in [2.45, 2.75) is 32.7 Å². The molecule has 3 N–H and O–H groups in total. The van der Waals surface area contributed by atoms with Gasteiger partial charge in [0, 0.05) is 40.9 Å². The molecule has 0 fully saturated rings. The van der Waals surface area contributed by atoms with Crippen molar-refractivity contribution in [3.63, 3.8) is 0 Å². The lowest BCUT2D eigenvalue weighted by atomic mass is 10.1. The molecule has 1 unspecified atom stereocenters. The average Bonchev–Trinajstić information content (AvgIpc) is 2.97. The molecular formula is C25H27N3OS. The molecular weight excluding hydrogens is 390 g/mol. The number of carbonyl (C=O) groups excluding carboxylic acids is 1. The Kier molecular flexibility index (Phi) is 6.53. The van der Waals surface area contributed by atoms with Crippen LogP contribution < -0.4 is 11.1 Å². The van der Waals surface area contributed by atoms with Gasteiger partial charge in [0.15, 0.2) is 0 Å². The maximum Gasteiger partial charge on any atom is 0.248 e. The van der Waals surface area contributed by atoms with Crippen molar-refractivity contribution in [1.29, 1.82) is 0 Å². The van der Waals surface area contributed by atoms with Crippen molar-refractivity contribution >= 4 is 34.0 Å². The van der Waals surface area contributed by atoms with E-state index in [1.807, 2.05) is 29.8 Å². The molecule has 2 aromatic rings. The largest absolute Gasteiger partial charge is 0.366 e. The maximum atomic E-state index is 11.6. The lowest BCUT2D eigenvalue weighted by Gasteiger charge is -2.11. The van der Waals surface area contributed by atoms with Crippen LogP contribution in [0.1, 0.15) is 48.7 Å². The van der Waals surface area contributed by atoms with Crippen LogP contribution in [0, 0.1) is 0 Å². The average molecular weight is 418 g/mol. The Labute approximate surface area is 183 Å². The van der Waals surface area contributed by atoms with Gasteiger partial charge in [-0.25, -0.2) is 0 Å². The summed E-state index contributed by atoms with van der Waals surface area (Å²) in [4.78, 5) is 12.2. The van der Waals surface area contributed by atoms with Crippen LogP contribution in [-0.4, -0.2) is 15.5 Å². The van der Waals surface area contributed by atoms with Gasteiger partial charge >= 0.3 is 0 Å². The number of allylic oxidation sites excluding steroid dienone is 7. The number of rotatable bonds is 7. The molecule has 1 aliphatic rings. The summed E-state index contributed by atoms with van der Waals surface area (Å²) in [5, 5.41) is 4.24. The molecule has 4 nitrogen and oxygen atoms in total. The van der Waals surface area contributed by atoms with Crippen LogP contribution >= 0.6 is 12.2 Å². The van der Waals surface area contributed by atoms with Gasteiger partial charge in [0.1, 0.15) is 4.99 Å². The zero-order valence-corrected chi connectivity index (χ0v) is 18.3. The van der Waals surface area contributed by atoms with E-state index in [4.69, 9.17) is 18.0 Å². The summed E-state index contributed by atoms with van der Waals surface area (Å²) in [5.74, 6) is -0.458. The maximum absolute atomic E-state index is 11.6. The number of thiocarbonyl (C=S) groups is 1. The molecule has 5 heteroatoms. The van der Waals surface area contributed by atoms with Gasteiger partial charge in [-0.2, -0.15) is 0 Å². The number of primary amides is 1. The summed E-state index contributed by atoms with van der Waals surface area (Å²) < 4.78 is 2.05. The van der Waals surface area contributed by atoms with E-state index in [1.165, 1.54) is 11.1 Å². The predicted octanol–water partition coefficient (Wildman–Crippen LogP) is 5.49. The number of nitrogens with one attached hydrogen (secondary N) is 1. The molecule has 3 rings (SSSR count). The minimum Gasteiger partial charge on any atom is -0.366 e. The van der Waals surface area contributed by atoms with E-state index in [1.54, 1.807) is 12.1 Å². The molecule has 1 atom stereocenters. The molecule has 0 spiro atoms. The van der Waals surface area contributed by atoms with Crippen molar-refractivity contribution < 1.29 is 4.79 Å². The Morgan fingerprint density at radius 3 is 2.90 bits per heavy atom. The minimum absolute atomic E-state index is 0.0337. The van der Waals surface area contributed by atoms with Gasteiger partial charge in [-0.15, -0.1) is 6.58 Å². The molecule has 154 valence electrons. The number of hydrogen-bond acceptors (Lipinski definition) is 2. The van der Waals surface area contributed by atoms with Gasteiger partial charge < -0.3 is 15.6 Å². The summed E-state index contributed by atoms with van der Waals surface area (Å²) in [6.07, 6.45) is 14.1. The normalized spacial score (nSPS) is 14.5. The number of nitrogens with zero attached hydrogens (tertiary/aromatic N) is 1. The zero-order valence-electron chi connectivity index (χ0n) is 17.4. The Morgan fingerprint density at radius 1 is 1.43 bits per heavy atom. The Balaban J connectivity index is 1.89. The first-order valence-corrected chi connectivity index (χ1v) is 10.3. The number of carbonyl (C=O) groups is 1. The van der Waals surface area contributed by atoms with Crippen LogP contribution in [0.4, 0.5) is 0 Å². The number of hydrogen-bond donors (Lipinski definition) is 2. The Bertz CT molecular complexity index is 1130. The SMILES string of the molecule is C=CC(C)n1cc(C(=S)NC(=C)CC2=CC(C)=CCC=C2)c2ccc(C(N)=O)cc21. The minimum atomic E-state index is -0.458. The fourth-order valence-corrected chi connectivity index (χ4v) is 3.84. The topological polar surface area (TPSA) is 60.1 Å². The van der Waals surface area contributed by atoms with E-state index in [0.717, 1.165) is 28.6 Å².